The fourth-order valence-electron chi connectivity index (χ4n) is 7.74. The van der Waals surface area contributed by atoms with E-state index in [0.29, 0.717) is 11.8 Å². The molecule has 6 aromatic rings. The van der Waals surface area contributed by atoms with Crippen LogP contribution in [0.5, 0.6) is 23.0 Å². The van der Waals surface area contributed by atoms with Gasteiger partial charge in [-0.05, 0) is 59.7 Å². The van der Waals surface area contributed by atoms with Gasteiger partial charge in [0.05, 0.1) is 34.9 Å². The molecule has 0 unspecified atom stereocenters. The standard InChI is InChI=1S/C47H42N2O6.2BrH.Ni/c1-50-38-23-15-34(16-24-38)46(35-17-25-39(51-2)26-18-35)44(32-11-7-5-8-12-32)48-42(54-46)31-43-49-45(33-13-9-6-10-14-33)47(55-43,36-19-27-40(52-3)28-20-36)37-21-29-41(53-4)30-22-37;;;/h5-30,44-45H,31H2,1-4H3;2*1H;/q;;;+2/p-2/t44-,45-;;;/m1.../s1. The maximum atomic E-state index is 7.25. The Morgan fingerprint density at radius 2 is 0.672 bits per heavy atom. The smallest absolute Gasteiger partial charge is 1.00 e. The molecule has 8 rings (SSSR count). The molecule has 0 aliphatic carbocycles. The third kappa shape index (κ3) is 8.13. The Bertz CT molecular complexity index is 2030. The number of hydrogen-bond acceptors (Lipinski definition) is 8. The summed E-state index contributed by atoms with van der Waals surface area (Å²) in [4.78, 5) is 10.8. The van der Waals surface area contributed by atoms with Crippen molar-refractivity contribution < 1.29 is 78.9 Å². The minimum absolute atomic E-state index is 0. The molecule has 11 heteroatoms. The molecule has 0 saturated carbocycles. The van der Waals surface area contributed by atoms with Crippen LogP contribution in [0.25, 0.3) is 0 Å². The van der Waals surface area contributed by atoms with E-state index < -0.39 is 23.3 Å². The summed E-state index contributed by atoms with van der Waals surface area (Å²) in [6.45, 7) is 0. The fourth-order valence-corrected chi connectivity index (χ4v) is 7.74. The van der Waals surface area contributed by atoms with Gasteiger partial charge in [0, 0.05) is 22.3 Å². The normalized spacial score (nSPS) is 17.0. The molecular weight excluding hydrogens is 907 g/mol. The van der Waals surface area contributed by atoms with Crippen LogP contribution in [0, 0.1) is 0 Å². The van der Waals surface area contributed by atoms with Gasteiger partial charge in [0.25, 0.3) is 0 Å². The van der Waals surface area contributed by atoms with Crippen molar-refractivity contribution in [3.63, 3.8) is 0 Å². The van der Waals surface area contributed by atoms with Crippen LogP contribution in [0.1, 0.15) is 51.9 Å². The second kappa shape index (κ2) is 19.1. The van der Waals surface area contributed by atoms with Crippen molar-refractivity contribution in [2.45, 2.75) is 29.7 Å². The summed E-state index contributed by atoms with van der Waals surface area (Å²) in [6, 6.07) is 51.6. The average Bonchev–Trinajstić information content (AvgIpc) is 3.84. The van der Waals surface area contributed by atoms with Gasteiger partial charge in [0.2, 0.25) is 0 Å². The Hall–Kier alpha value is -5.09. The number of ether oxygens (including phenoxy) is 6. The van der Waals surface area contributed by atoms with Crippen LogP contribution in [0.2, 0.25) is 0 Å². The number of benzene rings is 6. The molecule has 6 aromatic carbocycles. The first-order valence-electron chi connectivity index (χ1n) is 18.2. The Morgan fingerprint density at radius 3 is 0.914 bits per heavy atom. The summed E-state index contributed by atoms with van der Waals surface area (Å²) in [5.41, 5.74) is 3.65. The van der Waals surface area contributed by atoms with Crippen LogP contribution in [0.4, 0.5) is 0 Å². The molecule has 0 spiro atoms. The third-order valence-corrected chi connectivity index (χ3v) is 10.5. The maximum Gasteiger partial charge on any atom is 2.00 e. The first kappa shape index (κ1) is 44.0. The Labute approximate surface area is 370 Å². The van der Waals surface area contributed by atoms with Crippen LogP contribution in [-0.2, 0) is 37.2 Å². The van der Waals surface area contributed by atoms with Gasteiger partial charge in [-0.3, -0.25) is 0 Å². The van der Waals surface area contributed by atoms with E-state index in [1.54, 1.807) is 28.4 Å². The van der Waals surface area contributed by atoms with Crippen molar-refractivity contribution in [2.24, 2.45) is 9.98 Å². The minimum Gasteiger partial charge on any atom is -1.00 e. The van der Waals surface area contributed by atoms with E-state index in [0.717, 1.165) is 56.4 Å². The monoisotopic (exact) mass is 946 g/mol. The van der Waals surface area contributed by atoms with Crippen molar-refractivity contribution in [2.75, 3.05) is 28.4 Å². The Balaban J connectivity index is 0.00000214. The Morgan fingerprint density at radius 1 is 0.414 bits per heavy atom. The van der Waals surface area contributed by atoms with Gasteiger partial charge < -0.3 is 62.4 Å². The van der Waals surface area contributed by atoms with Gasteiger partial charge in [0.1, 0.15) is 35.1 Å². The van der Waals surface area contributed by atoms with E-state index in [9.17, 15) is 0 Å². The van der Waals surface area contributed by atoms with Crippen molar-refractivity contribution in [1.82, 2.24) is 0 Å². The van der Waals surface area contributed by atoms with Crippen molar-refractivity contribution >= 4 is 11.8 Å². The molecule has 2 aliphatic heterocycles. The van der Waals surface area contributed by atoms with Gasteiger partial charge in [0.15, 0.2) is 23.0 Å². The van der Waals surface area contributed by atoms with Crippen molar-refractivity contribution in [3.8, 4) is 23.0 Å². The molecule has 8 nitrogen and oxygen atoms in total. The minimum atomic E-state index is -1.03. The molecule has 0 amide bonds. The average molecular weight is 949 g/mol. The summed E-state index contributed by atoms with van der Waals surface area (Å²) in [6.07, 6.45) is 0.217. The van der Waals surface area contributed by atoms with Gasteiger partial charge >= 0.3 is 16.5 Å². The molecule has 300 valence electrons. The molecule has 58 heavy (non-hydrogen) atoms. The second-order valence-corrected chi connectivity index (χ2v) is 13.4. The van der Waals surface area contributed by atoms with Gasteiger partial charge in [-0.15, -0.1) is 0 Å². The van der Waals surface area contributed by atoms with Crippen LogP contribution >= 0.6 is 0 Å². The third-order valence-electron chi connectivity index (χ3n) is 10.5. The van der Waals surface area contributed by atoms with Crippen LogP contribution in [0.15, 0.2) is 168 Å². The zero-order valence-corrected chi connectivity index (χ0v) is 36.4. The quantitative estimate of drug-likeness (QED) is 0.175. The molecule has 2 atom stereocenters. The topological polar surface area (TPSA) is 80.1 Å². The molecule has 0 radical (unpaired) electrons. The molecule has 0 fully saturated rings. The zero-order valence-electron chi connectivity index (χ0n) is 32.3. The summed E-state index contributed by atoms with van der Waals surface area (Å²) < 4.78 is 36.7. The van der Waals surface area contributed by atoms with E-state index in [1.807, 2.05) is 133 Å². The molecule has 2 aliphatic rings. The molecule has 0 bridgehead atoms. The summed E-state index contributed by atoms with van der Waals surface area (Å²) in [5, 5.41) is 0. The first-order chi connectivity index (χ1) is 27.0. The predicted molar refractivity (Wildman–Crippen MR) is 214 cm³/mol. The van der Waals surface area contributed by atoms with Gasteiger partial charge in [-0.25, -0.2) is 9.98 Å². The molecule has 2 heterocycles. The predicted octanol–water partition coefficient (Wildman–Crippen LogP) is 3.64. The van der Waals surface area contributed by atoms with E-state index in [1.165, 1.54) is 0 Å². The van der Waals surface area contributed by atoms with E-state index in [4.69, 9.17) is 38.4 Å². The number of nitrogens with zero attached hydrogens (tertiary/aromatic N) is 2. The van der Waals surface area contributed by atoms with E-state index in [2.05, 4.69) is 24.3 Å². The zero-order chi connectivity index (χ0) is 37.8. The largest absolute Gasteiger partial charge is 2.00 e. The van der Waals surface area contributed by atoms with Gasteiger partial charge in [-0.1, -0.05) is 109 Å². The SMILES string of the molecule is COc1ccc(C2(c3ccc(OC)cc3)OC(CC3=N[C@H](c4ccccc4)C(c4ccc(OC)cc4)(c4ccc(OC)cc4)O3)=N[C@@H]2c2ccccc2)cc1.[Br-].[Br-].[Ni+2]. The fraction of sp³-hybridized carbons (Fsp3) is 0.191. The summed E-state index contributed by atoms with van der Waals surface area (Å²) in [7, 11) is 6.66. The van der Waals surface area contributed by atoms with Crippen LogP contribution in [0.3, 0.4) is 0 Å². The van der Waals surface area contributed by atoms with Crippen molar-refractivity contribution in [1.29, 1.82) is 0 Å². The number of halogens is 2. The number of rotatable bonds is 12. The number of aliphatic imine (C=N–C) groups is 2. The number of methoxy groups -OCH3 is 4. The molecule has 0 saturated heterocycles. The maximum absolute atomic E-state index is 7.25. The second-order valence-electron chi connectivity index (χ2n) is 13.4. The van der Waals surface area contributed by atoms with Crippen molar-refractivity contribution in [3.05, 3.63) is 191 Å². The van der Waals surface area contributed by atoms with E-state index in [-0.39, 0.29) is 56.9 Å². The summed E-state index contributed by atoms with van der Waals surface area (Å²) in [5.74, 6) is 4.00. The first-order valence-corrected chi connectivity index (χ1v) is 18.2. The Kier molecular flexibility index (Phi) is 14.5. The summed E-state index contributed by atoms with van der Waals surface area (Å²) >= 11 is 0. The van der Waals surface area contributed by atoms with Crippen LogP contribution < -0.4 is 52.9 Å². The van der Waals surface area contributed by atoms with Crippen LogP contribution in [-0.4, -0.2) is 40.2 Å². The van der Waals surface area contributed by atoms with E-state index >= 15 is 0 Å². The molecule has 0 N–H and O–H groups in total. The molecule has 0 aromatic heterocycles. The number of hydrogen-bond donors (Lipinski definition) is 0. The molecular formula is C47H42Br2N2NiO6. The van der Waals surface area contributed by atoms with Gasteiger partial charge in [-0.2, -0.15) is 0 Å².